The van der Waals surface area contributed by atoms with Crippen LogP contribution in [0.2, 0.25) is 0 Å². The first-order valence-corrected chi connectivity index (χ1v) is 7.72. The fourth-order valence-corrected chi connectivity index (χ4v) is 2.85. The fraction of sp³-hybridized carbons (Fsp3) is 0.235. The van der Waals surface area contributed by atoms with Gasteiger partial charge in [0.1, 0.15) is 18.2 Å². The van der Waals surface area contributed by atoms with Crippen LogP contribution in [0.3, 0.4) is 0 Å². The molecule has 0 unspecified atom stereocenters. The number of aryl methyl sites for hydroxylation is 1. The first-order valence-electron chi connectivity index (χ1n) is 7.72. The van der Waals surface area contributed by atoms with Crippen molar-refractivity contribution in [3.63, 3.8) is 0 Å². The van der Waals surface area contributed by atoms with Crippen molar-refractivity contribution in [2.75, 3.05) is 0 Å². The number of halogens is 1. The number of carbonyl (C=O) groups is 1. The van der Waals surface area contributed by atoms with Gasteiger partial charge in [-0.15, -0.1) is 0 Å². The molecule has 2 aromatic heterocycles. The van der Waals surface area contributed by atoms with Crippen LogP contribution < -0.4 is 0 Å². The Morgan fingerprint density at radius 1 is 1.33 bits per heavy atom. The molecule has 7 heteroatoms. The van der Waals surface area contributed by atoms with E-state index >= 15 is 0 Å². The summed E-state index contributed by atoms with van der Waals surface area (Å²) in [4.78, 5) is 16.5. The number of nitrogens with zero attached hydrogens (tertiary/aromatic N) is 4. The molecule has 122 valence electrons. The van der Waals surface area contributed by atoms with E-state index in [1.807, 2.05) is 0 Å². The van der Waals surface area contributed by atoms with Gasteiger partial charge in [0.25, 0.3) is 0 Å². The molecule has 0 N–H and O–H groups in total. The maximum atomic E-state index is 13.3. The second-order valence-electron chi connectivity index (χ2n) is 5.65. The second-order valence-corrected chi connectivity index (χ2v) is 5.65. The maximum Gasteiger partial charge on any atom is 0.341 e. The van der Waals surface area contributed by atoms with Crippen LogP contribution in [-0.4, -0.2) is 25.3 Å². The van der Waals surface area contributed by atoms with E-state index in [4.69, 9.17) is 4.74 Å². The van der Waals surface area contributed by atoms with Gasteiger partial charge in [-0.05, 0) is 24.6 Å². The molecule has 3 aromatic rings. The Bertz CT molecular complexity index is 900. The summed E-state index contributed by atoms with van der Waals surface area (Å²) in [5, 5.41) is 4.08. The van der Waals surface area contributed by atoms with Crippen LogP contribution in [-0.2, 0) is 24.3 Å². The lowest BCUT2D eigenvalue weighted by Crippen LogP contribution is -2.08. The maximum absolute atomic E-state index is 13.3. The Balaban J connectivity index is 1.45. The Hall–Kier alpha value is -2.96. The van der Waals surface area contributed by atoms with Gasteiger partial charge in [0.2, 0.25) is 0 Å². The van der Waals surface area contributed by atoms with Crippen molar-refractivity contribution in [3.05, 3.63) is 65.8 Å². The van der Waals surface area contributed by atoms with Gasteiger partial charge < -0.3 is 9.30 Å². The minimum absolute atomic E-state index is 0.178. The average Bonchev–Trinajstić information content (AvgIpc) is 3.29. The average molecular weight is 326 g/mol. The summed E-state index contributed by atoms with van der Waals surface area (Å²) in [5.74, 6) is 0.216. The summed E-state index contributed by atoms with van der Waals surface area (Å²) in [6.45, 7) is 1.09. The first kappa shape index (κ1) is 14.6. The van der Waals surface area contributed by atoms with E-state index in [2.05, 4.69) is 14.6 Å². The lowest BCUT2D eigenvalue weighted by atomic mass is 10.3. The molecule has 0 aliphatic carbocycles. The van der Waals surface area contributed by atoms with E-state index in [-0.39, 0.29) is 12.4 Å². The third-order valence-electron chi connectivity index (χ3n) is 4.05. The predicted octanol–water partition coefficient (Wildman–Crippen LogP) is 2.51. The quantitative estimate of drug-likeness (QED) is 0.691. The van der Waals surface area contributed by atoms with E-state index in [1.54, 1.807) is 18.3 Å². The normalized spacial score (nSPS) is 13.0. The number of hydrogen-bond donors (Lipinski definition) is 0. The van der Waals surface area contributed by atoms with Crippen LogP contribution in [0, 0.1) is 5.82 Å². The Morgan fingerprint density at radius 3 is 3.12 bits per heavy atom. The second kappa shape index (κ2) is 5.92. The zero-order valence-electron chi connectivity index (χ0n) is 12.9. The van der Waals surface area contributed by atoms with Crippen LogP contribution in [0.5, 0.6) is 0 Å². The van der Waals surface area contributed by atoms with Crippen molar-refractivity contribution in [2.45, 2.75) is 26.0 Å². The van der Waals surface area contributed by atoms with E-state index in [1.165, 1.54) is 29.2 Å². The van der Waals surface area contributed by atoms with Crippen LogP contribution in [0.15, 0.2) is 42.9 Å². The molecule has 1 aromatic carbocycles. The molecule has 24 heavy (non-hydrogen) atoms. The van der Waals surface area contributed by atoms with Gasteiger partial charge in [-0.25, -0.2) is 18.9 Å². The largest absolute Gasteiger partial charge is 0.456 e. The Morgan fingerprint density at radius 2 is 2.25 bits per heavy atom. The van der Waals surface area contributed by atoms with Crippen LogP contribution >= 0.6 is 0 Å². The van der Waals surface area contributed by atoms with E-state index in [0.717, 1.165) is 30.9 Å². The molecule has 0 saturated carbocycles. The van der Waals surface area contributed by atoms with Gasteiger partial charge in [-0.2, -0.15) is 5.10 Å². The summed E-state index contributed by atoms with van der Waals surface area (Å²) < 4.78 is 22.1. The molecule has 0 saturated heterocycles. The first-order chi connectivity index (χ1) is 11.7. The summed E-state index contributed by atoms with van der Waals surface area (Å²) >= 11 is 0. The zero-order valence-corrected chi connectivity index (χ0v) is 12.9. The van der Waals surface area contributed by atoms with Gasteiger partial charge in [0.05, 0.1) is 29.3 Å². The zero-order chi connectivity index (χ0) is 16.5. The van der Waals surface area contributed by atoms with Crippen molar-refractivity contribution < 1.29 is 13.9 Å². The van der Waals surface area contributed by atoms with Gasteiger partial charge in [-0.1, -0.05) is 6.07 Å². The molecular weight excluding hydrogens is 311 g/mol. The number of benzene rings is 1. The number of carbonyl (C=O) groups excluding carboxylic acids is 1. The lowest BCUT2D eigenvalue weighted by molar-refractivity contribution is 0.0464. The standard InChI is InChI=1S/C17H15FN4O2/c18-13-3-1-4-14(7-13)22-10-12(8-20-22)17(23)24-11-15-9-19-16-5-2-6-21(15)16/h1,3-4,7-10H,2,5-6,11H2. The summed E-state index contributed by atoms with van der Waals surface area (Å²) in [5.41, 5.74) is 1.76. The molecule has 0 bridgehead atoms. The van der Waals surface area contributed by atoms with Crippen molar-refractivity contribution in [3.8, 4) is 5.69 Å². The minimum Gasteiger partial charge on any atom is -0.456 e. The summed E-state index contributed by atoms with van der Waals surface area (Å²) in [7, 11) is 0. The van der Waals surface area contributed by atoms with E-state index in [9.17, 15) is 9.18 Å². The van der Waals surface area contributed by atoms with Gasteiger partial charge >= 0.3 is 5.97 Å². The summed E-state index contributed by atoms with van der Waals surface area (Å²) in [6.07, 6.45) is 6.72. The van der Waals surface area contributed by atoms with Crippen LogP contribution in [0.1, 0.15) is 28.3 Å². The molecule has 6 nitrogen and oxygen atoms in total. The molecule has 3 heterocycles. The van der Waals surface area contributed by atoms with Gasteiger partial charge in [0.15, 0.2) is 0 Å². The molecule has 0 amide bonds. The Kier molecular flexibility index (Phi) is 3.60. The molecular formula is C17H15FN4O2. The van der Waals surface area contributed by atoms with Gasteiger partial charge in [-0.3, -0.25) is 0 Å². The molecule has 1 aliphatic heterocycles. The highest BCUT2D eigenvalue weighted by Gasteiger charge is 2.17. The van der Waals surface area contributed by atoms with Crippen LogP contribution in [0.25, 0.3) is 5.69 Å². The highest BCUT2D eigenvalue weighted by Crippen LogP contribution is 2.17. The molecule has 0 radical (unpaired) electrons. The number of rotatable bonds is 4. The molecule has 0 fully saturated rings. The van der Waals surface area contributed by atoms with Crippen LogP contribution in [0.4, 0.5) is 4.39 Å². The molecule has 0 spiro atoms. The third kappa shape index (κ3) is 2.68. The number of hydrogen-bond acceptors (Lipinski definition) is 4. The topological polar surface area (TPSA) is 61.9 Å². The van der Waals surface area contributed by atoms with Gasteiger partial charge in [0, 0.05) is 19.2 Å². The SMILES string of the molecule is O=C(OCc1cnc2n1CCC2)c1cnn(-c2cccc(F)c2)c1. The minimum atomic E-state index is -0.466. The highest BCUT2D eigenvalue weighted by atomic mass is 19.1. The fourth-order valence-electron chi connectivity index (χ4n) is 2.85. The van der Waals surface area contributed by atoms with Crippen molar-refractivity contribution in [1.29, 1.82) is 0 Å². The third-order valence-corrected chi connectivity index (χ3v) is 4.05. The monoisotopic (exact) mass is 326 g/mol. The predicted molar refractivity (Wildman–Crippen MR) is 83.2 cm³/mol. The molecule has 0 atom stereocenters. The number of fused-ring (bicyclic) bond motifs is 1. The number of imidazole rings is 1. The molecule has 4 rings (SSSR count). The van der Waals surface area contributed by atoms with E-state index in [0.29, 0.717) is 11.3 Å². The molecule has 1 aliphatic rings. The van der Waals surface area contributed by atoms with Crippen molar-refractivity contribution in [1.82, 2.24) is 19.3 Å². The number of esters is 1. The highest BCUT2D eigenvalue weighted by molar-refractivity contribution is 5.88. The number of ether oxygens (including phenoxy) is 1. The van der Waals surface area contributed by atoms with E-state index < -0.39 is 5.97 Å². The van der Waals surface area contributed by atoms with Crippen molar-refractivity contribution in [2.24, 2.45) is 0 Å². The Labute approximate surface area is 137 Å². The summed E-state index contributed by atoms with van der Waals surface area (Å²) in [6, 6.07) is 6.00. The number of aromatic nitrogens is 4. The lowest BCUT2D eigenvalue weighted by Gasteiger charge is -2.05. The van der Waals surface area contributed by atoms with Crippen molar-refractivity contribution >= 4 is 5.97 Å². The smallest absolute Gasteiger partial charge is 0.341 e.